The van der Waals surface area contributed by atoms with Gasteiger partial charge in [0.25, 0.3) is 0 Å². The van der Waals surface area contributed by atoms with Crippen LogP contribution in [0, 0.1) is 5.92 Å². The summed E-state index contributed by atoms with van der Waals surface area (Å²) in [4.78, 5) is 19.3. The molecule has 1 saturated carbocycles. The fraction of sp³-hybridized carbons (Fsp3) is 0.474. The van der Waals surface area contributed by atoms with Gasteiger partial charge in [0.15, 0.2) is 0 Å². The molecule has 24 heavy (non-hydrogen) atoms. The Morgan fingerprint density at radius 1 is 1.17 bits per heavy atom. The van der Waals surface area contributed by atoms with E-state index in [1.165, 1.54) is 5.56 Å². The average molecular weight is 341 g/mol. The summed E-state index contributed by atoms with van der Waals surface area (Å²) in [7, 11) is 0. The Hall–Kier alpha value is -1.72. The number of benzene rings is 1. The summed E-state index contributed by atoms with van der Waals surface area (Å²) in [6.07, 6.45) is 4.26. The number of thiazole rings is 1. The molecule has 126 valence electrons. The molecule has 1 N–H and O–H groups in total. The molecule has 2 aliphatic rings. The predicted molar refractivity (Wildman–Crippen MR) is 96.7 cm³/mol. The molecule has 4 nitrogen and oxygen atoms in total. The van der Waals surface area contributed by atoms with Crippen molar-refractivity contribution in [3.8, 4) is 10.6 Å². The van der Waals surface area contributed by atoms with Gasteiger partial charge in [-0.15, -0.1) is 11.3 Å². The molecule has 2 fully saturated rings. The minimum Gasteiger partial charge on any atom is -0.353 e. The van der Waals surface area contributed by atoms with Crippen LogP contribution in [0.1, 0.15) is 31.4 Å². The number of amides is 1. The molecule has 2 heterocycles. The van der Waals surface area contributed by atoms with Crippen molar-refractivity contribution < 1.29 is 4.79 Å². The van der Waals surface area contributed by atoms with Crippen LogP contribution in [0.2, 0.25) is 0 Å². The lowest BCUT2D eigenvalue weighted by Gasteiger charge is -2.30. The maximum absolute atomic E-state index is 12.1. The van der Waals surface area contributed by atoms with E-state index in [9.17, 15) is 4.79 Å². The quantitative estimate of drug-likeness (QED) is 0.907. The SMILES string of the molecule is O=C(NC1CC1)C1CCN(Cc2csc(-c3ccccc3)n2)CC1. The number of nitrogens with one attached hydrogen (secondary N) is 1. The van der Waals surface area contributed by atoms with Gasteiger partial charge in [-0.05, 0) is 38.8 Å². The lowest BCUT2D eigenvalue weighted by molar-refractivity contribution is -0.126. The number of hydrogen-bond acceptors (Lipinski definition) is 4. The summed E-state index contributed by atoms with van der Waals surface area (Å²) >= 11 is 1.71. The largest absolute Gasteiger partial charge is 0.353 e. The summed E-state index contributed by atoms with van der Waals surface area (Å²) < 4.78 is 0. The van der Waals surface area contributed by atoms with Crippen LogP contribution in [-0.4, -0.2) is 34.9 Å². The summed E-state index contributed by atoms with van der Waals surface area (Å²) in [6.45, 7) is 2.86. The Bertz CT molecular complexity index is 688. The number of hydrogen-bond donors (Lipinski definition) is 1. The average Bonchev–Trinajstić information content (AvgIpc) is 3.31. The van der Waals surface area contributed by atoms with Crippen molar-refractivity contribution in [2.24, 2.45) is 5.92 Å². The molecule has 1 aliphatic heterocycles. The number of aromatic nitrogens is 1. The highest BCUT2D eigenvalue weighted by Crippen LogP contribution is 2.26. The molecule has 1 aromatic heterocycles. The molecule has 1 aliphatic carbocycles. The lowest BCUT2D eigenvalue weighted by Crippen LogP contribution is -2.40. The van der Waals surface area contributed by atoms with E-state index in [0.717, 1.165) is 56.0 Å². The summed E-state index contributed by atoms with van der Waals surface area (Å²) in [5.74, 6) is 0.481. The number of piperidine rings is 1. The van der Waals surface area contributed by atoms with Crippen molar-refractivity contribution in [3.05, 3.63) is 41.4 Å². The van der Waals surface area contributed by atoms with Gasteiger partial charge in [-0.2, -0.15) is 0 Å². The Morgan fingerprint density at radius 2 is 1.92 bits per heavy atom. The third kappa shape index (κ3) is 3.84. The second-order valence-corrected chi connectivity index (χ2v) is 7.70. The maximum atomic E-state index is 12.1. The van der Waals surface area contributed by atoms with Crippen LogP contribution in [0.25, 0.3) is 10.6 Å². The van der Waals surface area contributed by atoms with Crippen molar-refractivity contribution in [1.82, 2.24) is 15.2 Å². The first kappa shape index (κ1) is 15.8. The predicted octanol–water partition coefficient (Wildman–Crippen LogP) is 3.30. The zero-order valence-electron chi connectivity index (χ0n) is 13.8. The van der Waals surface area contributed by atoms with Crippen molar-refractivity contribution in [2.75, 3.05) is 13.1 Å². The minimum atomic E-state index is 0.206. The van der Waals surface area contributed by atoms with Crippen LogP contribution in [0.4, 0.5) is 0 Å². The monoisotopic (exact) mass is 341 g/mol. The van der Waals surface area contributed by atoms with E-state index in [2.05, 4.69) is 27.7 Å². The summed E-state index contributed by atoms with van der Waals surface area (Å²) in [5, 5.41) is 6.39. The van der Waals surface area contributed by atoms with Crippen LogP contribution in [0.3, 0.4) is 0 Å². The molecule has 0 radical (unpaired) electrons. The molecule has 5 heteroatoms. The van der Waals surface area contributed by atoms with Crippen molar-refractivity contribution in [2.45, 2.75) is 38.3 Å². The Kier molecular flexibility index (Phi) is 4.63. The highest BCUT2D eigenvalue weighted by Gasteiger charge is 2.29. The Balaban J connectivity index is 1.29. The van der Waals surface area contributed by atoms with E-state index < -0.39 is 0 Å². The van der Waals surface area contributed by atoms with E-state index in [4.69, 9.17) is 4.98 Å². The first-order chi connectivity index (χ1) is 11.8. The highest BCUT2D eigenvalue weighted by molar-refractivity contribution is 7.13. The van der Waals surface area contributed by atoms with Crippen molar-refractivity contribution in [1.29, 1.82) is 0 Å². The van der Waals surface area contributed by atoms with E-state index in [1.54, 1.807) is 11.3 Å². The van der Waals surface area contributed by atoms with Crippen molar-refractivity contribution >= 4 is 17.2 Å². The number of nitrogens with zero attached hydrogens (tertiary/aromatic N) is 2. The van der Waals surface area contributed by atoms with Crippen LogP contribution >= 0.6 is 11.3 Å². The van der Waals surface area contributed by atoms with E-state index in [0.29, 0.717) is 6.04 Å². The van der Waals surface area contributed by atoms with Gasteiger partial charge in [0.1, 0.15) is 5.01 Å². The van der Waals surface area contributed by atoms with Gasteiger partial charge < -0.3 is 5.32 Å². The second-order valence-electron chi connectivity index (χ2n) is 6.84. The molecular weight excluding hydrogens is 318 g/mol. The molecule has 1 saturated heterocycles. The molecule has 0 spiro atoms. The molecule has 4 rings (SSSR count). The molecule has 2 aromatic rings. The zero-order valence-corrected chi connectivity index (χ0v) is 14.6. The summed E-state index contributed by atoms with van der Waals surface area (Å²) in [6, 6.07) is 10.8. The molecular formula is C19H23N3OS. The van der Waals surface area contributed by atoms with E-state index in [1.807, 2.05) is 18.2 Å². The highest BCUT2D eigenvalue weighted by atomic mass is 32.1. The molecule has 1 amide bonds. The normalized spacial score (nSPS) is 19.3. The number of carbonyl (C=O) groups excluding carboxylic acids is 1. The standard InChI is InChI=1S/C19H23N3OS/c23-18(20-16-6-7-16)14-8-10-22(11-9-14)12-17-13-24-19(21-17)15-4-2-1-3-5-15/h1-5,13-14,16H,6-12H2,(H,20,23). The van der Waals surface area contributed by atoms with Crippen LogP contribution in [0.5, 0.6) is 0 Å². The number of likely N-dealkylation sites (tertiary alicyclic amines) is 1. The smallest absolute Gasteiger partial charge is 0.223 e. The fourth-order valence-electron chi connectivity index (χ4n) is 3.22. The Labute approximate surface area is 146 Å². The van der Waals surface area contributed by atoms with Crippen LogP contribution < -0.4 is 5.32 Å². The molecule has 0 atom stereocenters. The molecule has 1 aromatic carbocycles. The molecule has 0 unspecified atom stereocenters. The van der Waals surface area contributed by atoms with Gasteiger partial charge >= 0.3 is 0 Å². The van der Waals surface area contributed by atoms with Crippen LogP contribution in [-0.2, 0) is 11.3 Å². The number of rotatable bonds is 5. The van der Waals surface area contributed by atoms with Gasteiger partial charge in [0.05, 0.1) is 5.69 Å². The maximum Gasteiger partial charge on any atom is 0.223 e. The van der Waals surface area contributed by atoms with Crippen molar-refractivity contribution in [3.63, 3.8) is 0 Å². The fourth-order valence-corrected chi connectivity index (χ4v) is 4.04. The first-order valence-corrected chi connectivity index (χ1v) is 9.68. The van der Waals surface area contributed by atoms with Gasteiger partial charge in [-0.1, -0.05) is 30.3 Å². The third-order valence-electron chi connectivity index (χ3n) is 4.84. The van der Waals surface area contributed by atoms with Crippen LogP contribution in [0.15, 0.2) is 35.7 Å². The molecule has 0 bridgehead atoms. The van der Waals surface area contributed by atoms with E-state index >= 15 is 0 Å². The van der Waals surface area contributed by atoms with Gasteiger partial charge in [0, 0.05) is 29.4 Å². The zero-order chi connectivity index (χ0) is 16.4. The van der Waals surface area contributed by atoms with Gasteiger partial charge in [-0.25, -0.2) is 4.98 Å². The van der Waals surface area contributed by atoms with E-state index in [-0.39, 0.29) is 11.8 Å². The minimum absolute atomic E-state index is 0.206. The number of carbonyl (C=O) groups is 1. The first-order valence-electron chi connectivity index (χ1n) is 8.80. The lowest BCUT2D eigenvalue weighted by atomic mass is 9.96. The van der Waals surface area contributed by atoms with Gasteiger partial charge in [-0.3, -0.25) is 9.69 Å². The second kappa shape index (κ2) is 7.03. The third-order valence-corrected chi connectivity index (χ3v) is 5.78. The Morgan fingerprint density at radius 3 is 2.62 bits per heavy atom. The topological polar surface area (TPSA) is 45.2 Å². The summed E-state index contributed by atoms with van der Waals surface area (Å²) in [5.41, 5.74) is 2.32. The van der Waals surface area contributed by atoms with Gasteiger partial charge in [0.2, 0.25) is 5.91 Å².